The maximum absolute atomic E-state index is 3.61. The van der Waals surface area contributed by atoms with E-state index in [0.29, 0.717) is 11.5 Å². The number of rotatable bonds is 7. The standard InChI is InChI=1S/C12H26N2/c1-10(2)13-7-5-6-8-14-11-9-12(11,3)4/h10-11,13-14H,5-9H2,1-4H3. The summed E-state index contributed by atoms with van der Waals surface area (Å²) in [5.74, 6) is 0. The molecule has 0 aliphatic heterocycles. The van der Waals surface area contributed by atoms with Gasteiger partial charge in [0.15, 0.2) is 0 Å². The Kier molecular flexibility index (Phi) is 4.39. The van der Waals surface area contributed by atoms with Crippen LogP contribution in [0.3, 0.4) is 0 Å². The summed E-state index contributed by atoms with van der Waals surface area (Å²) < 4.78 is 0. The first-order chi connectivity index (χ1) is 6.52. The van der Waals surface area contributed by atoms with E-state index in [1.807, 2.05) is 0 Å². The van der Waals surface area contributed by atoms with Gasteiger partial charge in [0.1, 0.15) is 0 Å². The normalized spacial score (nSPS) is 24.2. The molecule has 0 spiro atoms. The SMILES string of the molecule is CC(C)NCCCCNC1CC1(C)C. The first-order valence-electron chi connectivity index (χ1n) is 5.99. The fourth-order valence-electron chi connectivity index (χ4n) is 1.73. The van der Waals surface area contributed by atoms with Gasteiger partial charge in [0, 0.05) is 12.1 Å². The van der Waals surface area contributed by atoms with Crippen LogP contribution in [0, 0.1) is 5.41 Å². The lowest BCUT2D eigenvalue weighted by molar-refractivity contribution is 0.510. The van der Waals surface area contributed by atoms with Crippen molar-refractivity contribution in [2.75, 3.05) is 13.1 Å². The second kappa shape index (κ2) is 5.13. The van der Waals surface area contributed by atoms with Crippen LogP contribution in [-0.2, 0) is 0 Å². The molecule has 1 aliphatic carbocycles. The van der Waals surface area contributed by atoms with Gasteiger partial charge in [-0.05, 0) is 37.8 Å². The molecule has 0 saturated heterocycles. The lowest BCUT2D eigenvalue weighted by atomic mass is 10.2. The molecule has 0 bridgehead atoms. The average Bonchev–Trinajstić information content (AvgIpc) is 2.66. The Morgan fingerprint density at radius 2 is 1.79 bits per heavy atom. The van der Waals surface area contributed by atoms with Gasteiger partial charge in [-0.25, -0.2) is 0 Å². The summed E-state index contributed by atoms with van der Waals surface area (Å²) in [6, 6.07) is 1.42. The molecule has 2 nitrogen and oxygen atoms in total. The van der Waals surface area contributed by atoms with Crippen LogP contribution < -0.4 is 10.6 Å². The monoisotopic (exact) mass is 198 g/mol. The summed E-state index contributed by atoms with van der Waals surface area (Å²) in [4.78, 5) is 0. The predicted molar refractivity (Wildman–Crippen MR) is 62.6 cm³/mol. The Balaban J connectivity index is 1.82. The second-order valence-electron chi connectivity index (χ2n) is 5.52. The third kappa shape index (κ3) is 4.43. The van der Waals surface area contributed by atoms with Gasteiger partial charge in [-0.1, -0.05) is 27.7 Å². The van der Waals surface area contributed by atoms with Crippen LogP contribution in [0.1, 0.15) is 47.0 Å². The molecule has 1 atom stereocenters. The van der Waals surface area contributed by atoms with E-state index >= 15 is 0 Å². The zero-order valence-electron chi connectivity index (χ0n) is 10.2. The van der Waals surface area contributed by atoms with Crippen LogP contribution in [0.4, 0.5) is 0 Å². The number of hydrogen-bond donors (Lipinski definition) is 2. The Morgan fingerprint density at radius 3 is 2.29 bits per heavy atom. The van der Waals surface area contributed by atoms with Crippen LogP contribution in [0.5, 0.6) is 0 Å². The fraction of sp³-hybridized carbons (Fsp3) is 1.00. The van der Waals surface area contributed by atoms with Crippen molar-refractivity contribution < 1.29 is 0 Å². The maximum Gasteiger partial charge on any atom is 0.0124 e. The number of nitrogens with one attached hydrogen (secondary N) is 2. The minimum absolute atomic E-state index is 0.580. The minimum atomic E-state index is 0.580. The van der Waals surface area contributed by atoms with Crippen molar-refractivity contribution in [2.24, 2.45) is 5.41 Å². The second-order valence-corrected chi connectivity index (χ2v) is 5.52. The first kappa shape index (κ1) is 12.0. The van der Waals surface area contributed by atoms with E-state index in [9.17, 15) is 0 Å². The van der Waals surface area contributed by atoms with Crippen molar-refractivity contribution in [1.29, 1.82) is 0 Å². The highest BCUT2D eigenvalue weighted by Crippen LogP contribution is 2.44. The van der Waals surface area contributed by atoms with Crippen LogP contribution in [-0.4, -0.2) is 25.2 Å². The van der Waals surface area contributed by atoms with Crippen LogP contribution in [0.25, 0.3) is 0 Å². The molecule has 0 radical (unpaired) electrons. The molecule has 14 heavy (non-hydrogen) atoms. The van der Waals surface area contributed by atoms with E-state index in [0.717, 1.165) is 12.6 Å². The molecular formula is C12H26N2. The highest BCUT2D eigenvalue weighted by Gasteiger charge is 2.44. The van der Waals surface area contributed by atoms with Gasteiger partial charge in [0.25, 0.3) is 0 Å². The van der Waals surface area contributed by atoms with Crippen molar-refractivity contribution in [3.63, 3.8) is 0 Å². The Bertz CT molecular complexity index is 164. The molecule has 0 aromatic carbocycles. The zero-order chi connectivity index (χ0) is 10.6. The summed E-state index contributed by atoms with van der Waals surface area (Å²) in [5, 5.41) is 7.04. The lowest BCUT2D eigenvalue weighted by Crippen LogP contribution is -2.26. The van der Waals surface area contributed by atoms with Crippen molar-refractivity contribution in [3.05, 3.63) is 0 Å². The van der Waals surface area contributed by atoms with Gasteiger partial charge < -0.3 is 10.6 Å². The highest BCUT2D eigenvalue weighted by molar-refractivity contribution is 5.01. The van der Waals surface area contributed by atoms with E-state index in [1.54, 1.807) is 0 Å². The van der Waals surface area contributed by atoms with Gasteiger partial charge >= 0.3 is 0 Å². The first-order valence-corrected chi connectivity index (χ1v) is 5.99. The number of unbranched alkanes of at least 4 members (excludes halogenated alkanes) is 1. The smallest absolute Gasteiger partial charge is 0.0124 e. The van der Waals surface area contributed by atoms with E-state index in [1.165, 1.54) is 25.8 Å². The summed E-state index contributed by atoms with van der Waals surface area (Å²) in [6.45, 7) is 11.4. The molecule has 0 heterocycles. The van der Waals surface area contributed by atoms with Crippen molar-refractivity contribution in [2.45, 2.75) is 59.0 Å². The largest absolute Gasteiger partial charge is 0.315 e. The van der Waals surface area contributed by atoms with Crippen molar-refractivity contribution in [3.8, 4) is 0 Å². The fourth-order valence-corrected chi connectivity index (χ4v) is 1.73. The van der Waals surface area contributed by atoms with Crippen LogP contribution >= 0.6 is 0 Å². The number of hydrogen-bond acceptors (Lipinski definition) is 2. The van der Waals surface area contributed by atoms with Crippen LogP contribution in [0.15, 0.2) is 0 Å². The summed E-state index contributed by atoms with van der Waals surface area (Å²) in [6.07, 6.45) is 3.95. The van der Waals surface area contributed by atoms with E-state index in [-0.39, 0.29) is 0 Å². The molecule has 1 aliphatic rings. The van der Waals surface area contributed by atoms with Crippen LogP contribution in [0.2, 0.25) is 0 Å². The van der Waals surface area contributed by atoms with Gasteiger partial charge in [-0.3, -0.25) is 0 Å². The maximum atomic E-state index is 3.61. The van der Waals surface area contributed by atoms with Gasteiger partial charge in [-0.15, -0.1) is 0 Å². The van der Waals surface area contributed by atoms with Gasteiger partial charge in [0.2, 0.25) is 0 Å². The molecule has 84 valence electrons. The Morgan fingerprint density at radius 1 is 1.21 bits per heavy atom. The molecule has 1 rings (SSSR count). The summed E-state index contributed by atoms with van der Waals surface area (Å²) in [5.41, 5.74) is 0.580. The Labute approximate surface area is 88.8 Å². The molecule has 1 unspecified atom stereocenters. The molecule has 2 heteroatoms. The molecule has 0 aromatic heterocycles. The third-order valence-electron chi connectivity index (χ3n) is 3.06. The Hall–Kier alpha value is -0.0800. The predicted octanol–water partition coefficient (Wildman–Crippen LogP) is 2.15. The average molecular weight is 198 g/mol. The molecule has 0 aromatic rings. The quantitative estimate of drug-likeness (QED) is 0.613. The van der Waals surface area contributed by atoms with Crippen molar-refractivity contribution in [1.82, 2.24) is 10.6 Å². The third-order valence-corrected chi connectivity index (χ3v) is 3.06. The van der Waals surface area contributed by atoms with E-state index in [2.05, 4.69) is 38.3 Å². The summed E-state index contributed by atoms with van der Waals surface area (Å²) >= 11 is 0. The minimum Gasteiger partial charge on any atom is -0.315 e. The van der Waals surface area contributed by atoms with Gasteiger partial charge in [-0.2, -0.15) is 0 Å². The topological polar surface area (TPSA) is 24.1 Å². The van der Waals surface area contributed by atoms with Gasteiger partial charge in [0.05, 0.1) is 0 Å². The van der Waals surface area contributed by atoms with E-state index < -0.39 is 0 Å². The zero-order valence-corrected chi connectivity index (χ0v) is 10.2. The summed E-state index contributed by atoms with van der Waals surface area (Å²) in [7, 11) is 0. The molecular weight excluding hydrogens is 172 g/mol. The molecule has 1 fully saturated rings. The van der Waals surface area contributed by atoms with Crippen molar-refractivity contribution >= 4 is 0 Å². The lowest BCUT2D eigenvalue weighted by Gasteiger charge is -2.08. The highest BCUT2D eigenvalue weighted by atomic mass is 15.0. The molecule has 1 saturated carbocycles. The molecule has 0 amide bonds. The van der Waals surface area contributed by atoms with E-state index in [4.69, 9.17) is 0 Å². The molecule has 2 N–H and O–H groups in total.